The fourth-order valence-corrected chi connectivity index (χ4v) is 2.20. The number of rotatable bonds is 1. The van der Waals surface area contributed by atoms with Crippen LogP contribution in [0.15, 0.2) is 34.7 Å². The minimum absolute atomic E-state index is 0.484. The number of nitrogens with two attached hydrogens (primary N) is 1. The normalized spacial score (nSPS) is 14.4. The molecule has 2 aromatic rings. The van der Waals surface area contributed by atoms with E-state index in [-0.39, 0.29) is 0 Å². The maximum absolute atomic E-state index is 5.83. The summed E-state index contributed by atoms with van der Waals surface area (Å²) in [6, 6.07) is 9.94. The molecule has 0 unspecified atom stereocenters. The molecule has 0 saturated carbocycles. The molecule has 1 aromatic carbocycles. The highest BCUT2D eigenvalue weighted by molar-refractivity contribution is 7.99. The molecule has 3 N–H and O–H groups in total. The molecule has 0 radical (unpaired) electrons. The molecular formula is C11H11N5S. The Morgan fingerprint density at radius 2 is 2.06 bits per heavy atom. The number of aromatic amines is 1. The van der Waals surface area contributed by atoms with Gasteiger partial charge in [0.05, 0.1) is 12.1 Å². The summed E-state index contributed by atoms with van der Waals surface area (Å²) >= 11 is 1.29. The zero-order valence-electron chi connectivity index (χ0n) is 9.21. The second-order valence-electron chi connectivity index (χ2n) is 3.71. The summed E-state index contributed by atoms with van der Waals surface area (Å²) in [5.74, 6) is 2.11. The second-order valence-corrected chi connectivity index (χ2v) is 4.60. The Kier molecular flexibility index (Phi) is 2.29. The minimum atomic E-state index is 0.484. The molecule has 86 valence electrons. The molecule has 3 rings (SSSR count). The number of fused-ring (bicyclic) bond motifs is 1. The molecule has 0 aliphatic carbocycles. The van der Waals surface area contributed by atoms with Crippen LogP contribution in [0.2, 0.25) is 0 Å². The van der Waals surface area contributed by atoms with Crippen molar-refractivity contribution in [3.05, 3.63) is 36.0 Å². The van der Waals surface area contributed by atoms with E-state index in [0.717, 1.165) is 22.9 Å². The van der Waals surface area contributed by atoms with Crippen molar-refractivity contribution in [2.24, 2.45) is 10.1 Å². The summed E-state index contributed by atoms with van der Waals surface area (Å²) in [5.41, 5.74) is 7.65. The van der Waals surface area contributed by atoms with Crippen molar-refractivity contribution in [1.29, 1.82) is 0 Å². The van der Waals surface area contributed by atoms with Gasteiger partial charge in [-0.25, -0.2) is 4.98 Å². The Balaban J connectivity index is 2.11. The Morgan fingerprint density at radius 3 is 2.76 bits per heavy atom. The van der Waals surface area contributed by atoms with Crippen LogP contribution in [0, 0.1) is 0 Å². The minimum Gasteiger partial charge on any atom is -0.381 e. The number of hydrogen-bond donors (Lipinski definition) is 2. The number of benzene rings is 1. The van der Waals surface area contributed by atoms with Crippen molar-refractivity contribution >= 4 is 23.8 Å². The fraction of sp³-hybridized carbons (Fsp3) is 0.0909. The van der Waals surface area contributed by atoms with Crippen LogP contribution in [0.4, 0.5) is 5.82 Å². The van der Waals surface area contributed by atoms with E-state index in [4.69, 9.17) is 5.73 Å². The lowest BCUT2D eigenvalue weighted by Gasteiger charge is -2.17. The first-order valence-electron chi connectivity index (χ1n) is 5.16. The molecular weight excluding hydrogens is 234 g/mol. The van der Waals surface area contributed by atoms with Crippen LogP contribution >= 0.6 is 12.1 Å². The predicted molar refractivity (Wildman–Crippen MR) is 70.7 cm³/mol. The Bertz CT molecular complexity index is 575. The molecule has 17 heavy (non-hydrogen) atoms. The smallest absolute Gasteiger partial charge is 0.169 e. The Labute approximate surface area is 103 Å². The summed E-state index contributed by atoms with van der Waals surface area (Å²) in [6.45, 7) is 0. The maximum Gasteiger partial charge on any atom is 0.169 e. The number of H-pyrrole nitrogens is 1. The Hall–Kier alpha value is -1.95. The SMILES string of the molecule is CN1SN=C(N)c2[nH]c(-c3ccccc3)nc21. The third-order valence-corrected chi connectivity index (χ3v) is 3.24. The van der Waals surface area contributed by atoms with E-state index < -0.39 is 0 Å². The van der Waals surface area contributed by atoms with Crippen LogP contribution < -0.4 is 10.0 Å². The van der Waals surface area contributed by atoms with E-state index >= 15 is 0 Å². The number of amidine groups is 1. The van der Waals surface area contributed by atoms with Crippen molar-refractivity contribution in [2.75, 3.05) is 11.4 Å². The third kappa shape index (κ3) is 1.66. The molecule has 1 aromatic heterocycles. The van der Waals surface area contributed by atoms with E-state index in [1.807, 2.05) is 41.7 Å². The van der Waals surface area contributed by atoms with Gasteiger partial charge in [-0.05, 0) is 0 Å². The number of nitrogens with one attached hydrogen (secondary N) is 1. The topological polar surface area (TPSA) is 70.3 Å². The molecule has 1 aliphatic rings. The van der Waals surface area contributed by atoms with Crippen LogP contribution in [0.1, 0.15) is 5.69 Å². The number of hydrogen-bond acceptors (Lipinski definition) is 5. The van der Waals surface area contributed by atoms with Crippen molar-refractivity contribution in [1.82, 2.24) is 9.97 Å². The number of aromatic nitrogens is 2. The molecule has 0 amide bonds. The summed E-state index contributed by atoms with van der Waals surface area (Å²) < 4.78 is 6.01. The molecule has 2 heterocycles. The maximum atomic E-state index is 5.83. The van der Waals surface area contributed by atoms with Gasteiger partial charge in [0.1, 0.15) is 11.5 Å². The van der Waals surface area contributed by atoms with Crippen molar-refractivity contribution < 1.29 is 0 Å². The summed E-state index contributed by atoms with van der Waals surface area (Å²) in [7, 11) is 1.91. The van der Waals surface area contributed by atoms with Crippen LogP contribution in [0.3, 0.4) is 0 Å². The molecule has 1 aliphatic heterocycles. The molecule has 0 bridgehead atoms. The van der Waals surface area contributed by atoms with E-state index in [1.54, 1.807) is 0 Å². The van der Waals surface area contributed by atoms with Crippen molar-refractivity contribution in [3.63, 3.8) is 0 Å². The first-order valence-corrected chi connectivity index (χ1v) is 5.89. The lowest BCUT2D eigenvalue weighted by Crippen LogP contribution is -2.22. The molecule has 0 atom stereocenters. The van der Waals surface area contributed by atoms with Gasteiger partial charge in [-0.2, -0.15) is 4.40 Å². The summed E-state index contributed by atoms with van der Waals surface area (Å²) in [6.07, 6.45) is 0. The highest BCUT2D eigenvalue weighted by Gasteiger charge is 2.22. The quantitative estimate of drug-likeness (QED) is 0.751. The van der Waals surface area contributed by atoms with Crippen LogP contribution in [0.25, 0.3) is 11.4 Å². The van der Waals surface area contributed by atoms with Gasteiger partial charge in [0, 0.05) is 12.6 Å². The average molecular weight is 245 g/mol. The lowest BCUT2D eigenvalue weighted by molar-refractivity contribution is 1.24. The van der Waals surface area contributed by atoms with Gasteiger partial charge in [0.25, 0.3) is 0 Å². The number of imidazole rings is 1. The van der Waals surface area contributed by atoms with E-state index in [2.05, 4.69) is 14.4 Å². The first kappa shape index (κ1) is 10.2. The van der Waals surface area contributed by atoms with Gasteiger partial charge in [-0.15, -0.1) is 0 Å². The van der Waals surface area contributed by atoms with Gasteiger partial charge in [-0.3, -0.25) is 4.31 Å². The zero-order chi connectivity index (χ0) is 11.8. The second kappa shape index (κ2) is 3.81. The van der Waals surface area contributed by atoms with Crippen LogP contribution in [-0.2, 0) is 0 Å². The first-order chi connectivity index (χ1) is 8.25. The number of nitrogens with zero attached hydrogens (tertiary/aromatic N) is 3. The van der Waals surface area contributed by atoms with Gasteiger partial charge in [0.15, 0.2) is 11.7 Å². The highest BCUT2D eigenvalue weighted by atomic mass is 32.2. The number of anilines is 1. The van der Waals surface area contributed by atoms with Gasteiger partial charge in [0.2, 0.25) is 0 Å². The molecule has 5 nitrogen and oxygen atoms in total. The lowest BCUT2D eigenvalue weighted by atomic mass is 10.2. The van der Waals surface area contributed by atoms with Gasteiger partial charge >= 0.3 is 0 Å². The van der Waals surface area contributed by atoms with E-state index in [1.165, 1.54) is 12.1 Å². The Morgan fingerprint density at radius 1 is 1.29 bits per heavy atom. The van der Waals surface area contributed by atoms with E-state index in [0.29, 0.717) is 5.84 Å². The van der Waals surface area contributed by atoms with Crippen LogP contribution in [-0.4, -0.2) is 22.9 Å². The molecule has 0 spiro atoms. The molecule has 0 fully saturated rings. The monoisotopic (exact) mass is 245 g/mol. The van der Waals surface area contributed by atoms with Gasteiger partial charge < -0.3 is 10.7 Å². The fourth-order valence-electron chi connectivity index (χ4n) is 1.69. The van der Waals surface area contributed by atoms with E-state index in [9.17, 15) is 0 Å². The molecule has 0 saturated heterocycles. The highest BCUT2D eigenvalue weighted by Crippen LogP contribution is 2.30. The molecule has 6 heteroatoms. The van der Waals surface area contributed by atoms with Crippen molar-refractivity contribution in [2.45, 2.75) is 0 Å². The third-order valence-electron chi connectivity index (χ3n) is 2.55. The summed E-state index contributed by atoms with van der Waals surface area (Å²) in [5, 5.41) is 0. The van der Waals surface area contributed by atoms with Crippen molar-refractivity contribution in [3.8, 4) is 11.4 Å². The summed E-state index contributed by atoms with van der Waals surface area (Å²) in [4.78, 5) is 7.75. The van der Waals surface area contributed by atoms with Gasteiger partial charge in [-0.1, -0.05) is 30.3 Å². The largest absolute Gasteiger partial charge is 0.381 e. The van der Waals surface area contributed by atoms with Crippen LogP contribution in [0.5, 0.6) is 0 Å². The average Bonchev–Trinajstić information content (AvgIpc) is 2.81. The predicted octanol–water partition coefficient (Wildman–Crippen LogP) is 1.80. The zero-order valence-corrected chi connectivity index (χ0v) is 10.0. The standard InChI is InChI=1S/C11H11N5S/c1-16-11-8(9(12)15-17-16)13-10(14-11)7-5-3-2-4-6-7/h2-6H,1H3,(H2,12,15)(H,13,14).